The number of benzene rings is 1. The van der Waals surface area contributed by atoms with Gasteiger partial charge in [-0.2, -0.15) is 0 Å². The first kappa shape index (κ1) is 11.4. The van der Waals surface area contributed by atoms with E-state index in [1.165, 1.54) is 0 Å². The number of halogens is 1. The molecule has 1 fully saturated rings. The Bertz CT molecular complexity index is 471. The van der Waals surface area contributed by atoms with Crippen molar-refractivity contribution >= 4 is 11.9 Å². The Morgan fingerprint density at radius 3 is 2.82 bits per heavy atom. The summed E-state index contributed by atoms with van der Waals surface area (Å²) >= 11 is 0. The van der Waals surface area contributed by atoms with Crippen molar-refractivity contribution < 1.29 is 28.6 Å². The minimum absolute atomic E-state index is 0.00579. The van der Waals surface area contributed by atoms with Crippen LogP contribution in [0.25, 0.3) is 0 Å². The first-order chi connectivity index (χ1) is 8.06. The molecule has 2 rings (SSSR count). The minimum atomic E-state index is -1.26. The SMILES string of the molecule is O=C(O)c1cc(F)cc(OC2CCOC2=O)c1. The summed E-state index contributed by atoms with van der Waals surface area (Å²) < 4.78 is 23.0. The number of carboxylic acids is 1. The lowest BCUT2D eigenvalue weighted by atomic mass is 10.2. The molecule has 6 heteroatoms. The van der Waals surface area contributed by atoms with Gasteiger partial charge in [-0.15, -0.1) is 0 Å². The molecule has 1 saturated heterocycles. The summed E-state index contributed by atoms with van der Waals surface area (Å²) in [5.41, 5.74) is -0.230. The molecule has 0 aromatic heterocycles. The zero-order valence-electron chi connectivity index (χ0n) is 8.68. The number of cyclic esters (lactones) is 1. The molecule has 0 aliphatic carbocycles. The van der Waals surface area contributed by atoms with Crippen LogP contribution in [0.4, 0.5) is 4.39 Å². The highest BCUT2D eigenvalue weighted by Crippen LogP contribution is 2.21. The Kier molecular flexibility index (Phi) is 2.95. The fourth-order valence-corrected chi connectivity index (χ4v) is 1.50. The molecule has 1 aromatic rings. The van der Waals surface area contributed by atoms with Crippen LogP contribution < -0.4 is 4.74 Å². The number of rotatable bonds is 3. The van der Waals surface area contributed by atoms with Gasteiger partial charge in [-0.05, 0) is 12.1 Å². The van der Waals surface area contributed by atoms with Crippen LogP contribution in [0.5, 0.6) is 5.75 Å². The summed E-state index contributed by atoms with van der Waals surface area (Å²) in [6, 6.07) is 3.07. The number of carbonyl (C=O) groups excluding carboxylic acids is 1. The van der Waals surface area contributed by atoms with Crippen LogP contribution in [0.2, 0.25) is 0 Å². The van der Waals surface area contributed by atoms with E-state index in [1.807, 2.05) is 0 Å². The highest BCUT2D eigenvalue weighted by Gasteiger charge is 2.28. The largest absolute Gasteiger partial charge is 0.478 e. The van der Waals surface area contributed by atoms with E-state index in [9.17, 15) is 14.0 Å². The lowest BCUT2D eigenvalue weighted by Gasteiger charge is -2.10. The van der Waals surface area contributed by atoms with Gasteiger partial charge in [-0.1, -0.05) is 0 Å². The van der Waals surface area contributed by atoms with Gasteiger partial charge in [0.1, 0.15) is 11.6 Å². The van der Waals surface area contributed by atoms with E-state index < -0.39 is 23.9 Å². The molecule has 5 nitrogen and oxygen atoms in total. The summed E-state index contributed by atoms with van der Waals surface area (Å²) in [5.74, 6) is -2.51. The average molecular weight is 240 g/mol. The molecule has 1 N–H and O–H groups in total. The summed E-state index contributed by atoms with van der Waals surface area (Å²) in [7, 11) is 0. The summed E-state index contributed by atoms with van der Waals surface area (Å²) in [6.07, 6.45) is -0.420. The van der Waals surface area contributed by atoms with E-state index >= 15 is 0 Å². The maximum Gasteiger partial charge on any atom is 0.347 e. The van der Waals surface area contributed by atoms with Gasteiger partial charge < -0.3 is 14.6 Å². The maximum absolute atomic E-state index is 13.1. The van der Waals surface area contributed by atoms with Crippen molar-refractivity contribution in [2.75, 3.05) is 6.61 Å². The van der Waals surface area contributed by atoms with E-state index in [1.54, 1.807) is 0 Å². The minimum Gasteiger partial charge on any atom is -0.478 e. The Morgan fingerprint density at radius 1 is 1.47 bits per heavy atom. The van der Waals surface area contributed by atoms with E-state index in [-0.39, 0.29) is 17.9 Å². The van der Waals surface area contributed by atoms with Crippen molar-refractivity contribution in [2.45, 2.75) is 12.5 Å². The molecule has 1 atom stereocenters. The number of esters is 1. The molecule has 0 saturated carbocycles. The maximum atomic E-state index is 13.1. The molecular formula is C11H9FO5. The molecule has 0 amide bonds. The molecule has 90 valence electrons. The van der Waals surface area contributed by atoms with Gasteiger partial charge in [0.25, 0.3) is 0 Å². The van der Waals surface area contributed by atoms with Gasteiger partial charge >= 0.3 is 11.9 Å². The van der Waals surface area contributed by atoms with Crippen LogP contribution >= 0.6 is 0 Å². The quantitative estimate of drug-likeness (QED) is 0.804. The third-order valence-electron chi connectivity index (χ3n) is 2.28. The van der Waals surface area contributed by atoms with Crippen LogP contribution in [-0.2, 0) is 9.53 Å². The fraction of sp³-hybridized carbons (Fsp3) is 0.273. The molecule has 1 aliphatic rings. The van der Waals surface area contributed by atoms with Crippen molar-refractivity contribution in [2.24, 2.45) is 0 Å². The van der Waals surface area contributed by atoms with Crippen molar-refractivity contribution in [3.05, 3.63) is 29.6 Å². The Hall–Kier alpha value is -2.11. The molecule has 17 heavy (non-hydrogen) atoms. The molecule has 1 heterocycles. The van der Waals surface area contributed by atoms with Crippen molar-refractivity contribution in [1.82, 2.24) is 0 Å². The zero-order chi connectivity index (χ0) is 12.4. The van der Waals surface area contributed by atoms with Crippen LogP contribution in [0.3, 0.4) is 0 Å². The first-order valence-corrected chi connectivity index (χ1v) is 4.93. The predicted molar refractivity (Wildman–Crippen MR) is 53.4 cm³/mol. The van der Waals surface area contributed by atoms with E-state index in [4.69, 9.17) is 9.84 Å². The van der Waals surface area contributed by atoms with Crippen LogP contribution in [0, 0.1) is 5.82 Å². The second kappa shape index (κ2) is 4.40. The molecule has 0 radical (unpaired) electrons. The Labute approximate surface area is 95.8 Å². The highest BCUT2D eigenvalue weighted by atomic mass is 19.1. The van der Waals surface area contributed by atoms with E-state index in [2.05, 4.69) is 4.74 Å². The van der Waals surface area contributed by atoms with Gasteiger partial charge in [0.15, 0.2) is 6.10 Å². The monoisotopic (exact) mass is 240 g/mol. The van der Waals surface area contributed by atoms with Gasteiger partial charge in [0, 0.05) is 12.5 Å². The number of aromatic carboxylic acids is 1. The van der Waals surface area contributed by atoms with Crippen LogP contribution in [0.15, 0.2) is 18.2 Å². The predicted octanol–water partition coefficient (Wildman–Crippen LogP) is 1.22. The topological polar surface area (TPSA) is 72.8 Å². The van der Waals surface area contributed by atoms with Crippen LogP contribution in [0.1, 0.15) is 16.8 Å². The number of ether oxygens (including phenoxy) is 2. The third kappa shape index (κ3) is 2.52. The van der Waals surface area contributed by atoms with Gasteiger partial charge in [-0.3, -0.25) is 0 Å². The van der Waals surface area contributed by atoms with Crippen LogP contribution in [-0.4, -0.2) is 29.8 Å². The normalized spacial score (nSPS) is 18.9. The molecule has 1 aromatic carbocycles. The second-order valence-corrected chi connectivity index (χ2v) is 3.54. The summed E-state index contributed by atoms with van der Waals surface area (Å²) in [6.45, 7) is 0.255. The molecule has 0 spiro atoms. The molecule has 0 bridgehead atoms. The van der Waals surface area contributed by atoms with Crippen molar-refractivity contribution in [1.29, 1.82) is 0 Å². The molecule has 1 aliphatic heterocycles. The van der Waals surface area contributed by atoms with E-state index in [0.29, 0.717) is 6.42 Å². The number of hydrogen-bond acceptors (Lipinski definition) is 4. The number of carboxylic acid groups (broad SMARTS) is 1. The fourth-order valence-electron chi connectivity index (χ4n) is 1.50. The Morgan fingerprint density at radius 2 is 2.24 bits per heavy atom. The summed E-state index contributed by atoms with van der Waals surface area (Å²) in [4.78, 5) is 21.8. The number of hydrogen-bond donors (Lipinski definition) is 1. The van der Waals surface area contributed by atoms with Crippen molar-refractivity contribution in [3.63, 3.8) is 0 Å². The average Bonchev–Trinajstić information content (AvgIpc) is 2.63. The Balaban J connectivity index is 2.20. The standard InChI is InChI=1S/C11H9FO5/c12-7-3-6(10(13)14)4-8(5-7)17-9-1-2-16-11(9)15/h3-5,9H,1-2H2,(H,13,14). The highest BCUT2D eigenvalue weighted by molar-refractivity contribution is 5.88. The van der Waals surface area contributed by atoms with Gasteiger partial charge in [0.05, 0.1) is 12.2 Å². The lowest BCUT2D eigenvalue weighted by molar-refractivity contribution is -0.143. The number of carbonyl (C=O) groups is 2. The smallest absolute Gasteiger partial charge is 0.347 e. The lowest BCUT2D eigenvalue weighted by Crippen LogP contribution is -2.21. The first-order valence-electron chi connectivity index (χ1n) is 4.93. The zero-order valence-corrected chi connectivity index (χ0v) is 8.68. The van der Waals surface area contributed by atoms with Gasteiger partial charge in [-0.25, -0.2) is 14.0 Å². The van der Waals surface area contributed by atoms with Gasteiger partial charge in [0.2, 0.25) is 0 Å². The molecular weight excluding hydrogens is 231 g/mol. The second-order valence-electron chi connectivity index (χ2n) is 3.54. The van der Waals surface area contributed by atoms with Crippen molar-refractivity contribution in [3.8, 4) is 5.75 Å². The summed E-state index contributed by atoms with van der Waals surface area (Å²) in [5, 5.41) is 8.73. The molecule has 1 unspecified atom stereocenters. The van der Waals surface area contributed by atoms with E-state index in [0.717, 1.165) is 18.2 Å². The third-order valence-corrected chi connectivity index (χ3v) is 2.28.